The van der Waals surface area contributed by atoms with Gasteiger partial charge in [-0.3, -0.25) is 4.98 Å². The number of benzene rings is 2. The highest BCUT2D eigenvalue weighted by atomic mass is 35.5. The molecule has 2 aromatic carbocycles. The molecule has 1 aliphatic rings. The number of rotatable bonds is 5. The molecule has 152 valence electrons. The van der Waals surface area contributed by atoms with Crippen LogP contribution in [-0.2, 0) is 23.0 Å². The molecule has 30 heavy (non-hydrogen) atoms. The highest BCUT2D eigenvalue weighted by Crippen LogP contribution is 2.30. The minimum atomic E-state index is -3.71. The van der Waals surface area contributed by atoms with E-state index in [9.17, 15) is 13.7 Å². The zero-order chi connectivity index (χ0) is 21.1. The molecule has 1 aromatic heterocycles. The van der Waals surface area contributed by atoms with Crippen LogP contribution in [0.2, 0.25) is 5.02 Å². The van der Waals surface area contributed by atoms with Gasteiger partial charge in [0.15, 0.2) is 0 Å². The molecule has 1 unspecified atom stereocenters. The number of anilines is 1. The summed E-state index contributed by atoms with van der Waals surface area (Å²) < 4.78 is 28.4. The van der Waals surface area contributed by atoms with Crippen molar-refractivity contribution in [1.82, 2.24) is 9.71 Å². The zero-order valence-electron chi connectivity index (χ0n) is 16.0. The molecule has 0 fully saturated rings. The molecule has 0 saturated heterocycles. The van der Waals surface area contributed by atoms with Crippen molar-refractivity contribution >= 4 is 27.3 Å². The monoisotopic (exact) mass is 438 g/mol. The molecular weight excluding hydrogens is 420 g/mol. The van der Waals surface area contributed by atoms with Crippen molar-refractivity contribution in [1.29, 1.82) is 5.26 Å². The van der Waals surface area contributed by atoms with Gasteiger partial charge >= 0.3 is 0 Å². The van der Waals surface area contributed by atoms with E-state index in [1.165, 1.54) is 18.5 Å². The summed E-state index contributed by atoms with van der Waals surface area (Å²) in [5, 5.41) is 9.93. The molecule has 0 bridgehead atoms. The van der Waals surface area contributed by atoms with Crippen LogP contribution in [0.15, 0.2) is 71.9 Å². The lowest BCUT2D eigenvalue weighted by atomic mass is 9.96. The zero-order valence-corrected chi connectivity index (χ0v) is 17.6. The molecule has 1 atom stereocenters. The number of pyridine rings is 1. The maximum Gasteiger partial charge on any atom is 0.242 e. The number of nitrogens with one attached hydrogen (secondary N) is 1. The molecule has 3 aromatic rings. The number of nitrogens with zero attached hydrogens (tertiary/aromatic N) is 3. The molecule has 0 radical (unpaired) electrons. The number of nitriles is 1. The fraction of sp³-hybridized carbons (Fsp3) is 0.182. The van der Waals surface area contributed by atoms with Gasteiger partial charge < -0.3 is 4.90 Å². The van der Waals surface area contributed by atoms with E-state index in [1.807, 2.05) is 36.4 Å². The van der Waals surface area contributed by atoms with Crippen molar-refractivity contribution < 1.29 is 8.42 Å². The van der Waals surface area contributed by atoms with Crippen molar-refractivity contribution in [3.63, 3.8) is 0 Å². The summed E-state index contributed by atoms with van der Waals surface area (Å²) in [6, 6.07) is 18.0. The minimum absolute atomic E-state index is 0.128. The first-order valence-electron chi connectivity index (χ1n) is 9.39. The molecule has 4 rings (SSSR count). The van der Waals surface area contributed by atoms with Gasteiger partial charge in [0.05, 0.1) is 11.6 Å². The average molecular weight is 439 g/mol. The predicted octanol–water partition coefficient (Wildman–Crippen LogP) is 3.52. The standard InChI is InChI=1S/C22H19ClN4O2S/c23-19-4-1-3-17(10-19)14-27-15-20(11-18-9-16(12-24)6-7-22(18)27)26-30(28,29)21-5-2-8-25-13-21/h1-10,13,20,26H,11,14-15H2. The summed E-state index contributed by atoms with van der Waals surface area (Å²) in [6.07, 6.45) is 3.36. The van der Waals surface area contributed by atoms with Crippen LogP contribution in [0.1, 0.15) is 16.7 Å². The highest BCUT2D eigenvalue weighted by Gasteiger charge is 2.28. The molecular formula is C22H19ClN4O2S. The van der Waals surface area contributed by atoms with Crippen LogP contribution in [-0.4, -0.2) is 26.0 Å². The number of aromatic nitrogens is 1. The van der Waals surface area contributed by atoms with Crippen LogP contribution >= 0.6 is 11.6 Å². The molecule has 6 nitrogen and oxygen atoms in total. The summed E-state index contributed by atoms with van der Waals surface area (Å²) in [5.41, 5.74) is 3.49. The molecule has 0 spiro atoms. The Kier molecular flexibility index (Phi) is 5.73. The van der Waals surface area contributed by atoms with E-state index >= 15 is 0 Å². The average Bonchev–Trinajstić information content (AvgIpc) is 2.73. The van der Waals surface area contributed by atoms with Crippen LogP contribution in [0.25, 0.3) is 0 Å². The lowest BCUT2D eigenvalue weighted by molar-refractivity contribution is 0.524. The van der Waals surface area contributed by atoms with Crippen LogP contribution in [0.5, 0.6) is 0 Å². The van der Waals surface area contributed by atoms with Gasteiger partial charge in [0.25, 0.3) is 0 Å². The lowest BCUT2D eigenvalue weighted by Crippen LogP contribution is -2.48. The third kappa shape index (κ3) is 4.46. The van der Waals surface area contributed by atoms with Gasteiger partial charge in [0.2, 0.25) is 10.0 Å². The van der Waals surface area contributed by atoms with E-state index in [-0.39, 0.29) is 10.9 Å². The number of hydrogen-bond acceptors (Lipinski definition) is 5. The molecule has 8 heteroatoms. The van der Waals surface area contributed by atoms with Crippen molar-refractivity contribution in [3.05, 3.63) is 88.7 Å². The summed E-state index contributed by atoms with van der Waals surface area (Å²) in [6.45, 7) is 1.06. The molecule has 2 heterocycles. The summed E-state index contributed by atoms with van der Waals surface area (Å²) in [5.74, 6) is 0. The smallest absolute Gasteiger partial charge is 0.242 e. The minimum Gasteiger partial charge on any atom is -0.365 e. The largest absolute Gasteiger partial charge is 0.365 e. The van der Waals surface area contributed by atoms with Gasteiger partial charge in [0.1, 0.15) is 4.90 Å². The number of hydrogen-bond donors (Lipinski definition) is 1. The van der Waals surface area contributed by atoms with Crippen LogP contribution in [0.4, 0.5) is 5.69 Å². The van der Waals surface area contributed by atoms with E-state index in [4.69, 9.17) is 11.6 Å². The van der Waals surface area contributed by atoms with E-state index in [2.05, 4.69) is 20.7 Å². The second kappa shape index (κ2) is 8.44. The predicted molar refractivity (Wildman–Crippen MR) is 116 cm³/mol. The molecule has 1 N–H and O–H groups in total. The van der Waals surface area contributed by atoms with Gasteiger partial charge in [-0.15, -0.1) is 0 Å². The third-order valence-electron chi connectivity index (χ3n) is 4.99. The third-order valence-corrected chi connectivity index (χ3v) is 6.73. The normalized spacial score (nSPS) is 16.0. The van der Waals surface area contributed by atoms with Crippen molar-refractivity contribution in [3.8, 4) is 6.07 Å². The van der Waals surface area contributed by atoms with Gasteiger partial charge in [0, 0.05) is 42.2 Å². The maximum absolute atomic E-state index is 12.8. The molecule has 1 aliphatic heterocycles. The van der Waals surface area contributed by atoms with Crippen molar-refractivity contribution in [2.75, 3.05) is 11.4 Å². The SMILES string of the molecule is N#Cc1ccc2c(c1)CC(NS(=O)(=O)c1cccnc1)CN2Cc1cccc(Cl)c1. The first-order valence-corrected chi connectivity index (χ1v) is 11.3. The Labute approximate surface area is 180 Å². The van der Waals surface area contributed by atoms with Crippen molar-refractivity contribution in [2.45, 2.75) is 23.9 Å². The second-order valence-corrected chi connectivity index (χ2v) is 9.33. The number of halogens is 1. The van der Waals surface area contributed by atoms with E-state index in [0.29, 0.717) is 30.1 Å². The number of fused-ring (bicyclic) bond motifs is 1. The quantitative estimate of drug-likeness (QED) is 0.658. The Morgan fingerprint density at radius 3 is 2.80 bits per heavy atom. The molecule has 0 saturated carbocycles. The van der Waals surface area contributed by atoms with Gasteiger partial charge in [-0.25, -0.2) is 13.1 Å². The van der Waals surface area contributed by atoms with Gasteiger partial charge in [-0.2, -0.15) is 5.26 Å². The van der Waals surface area contributed by atoms with Crippen molar-refractivity contribution in [2.24, 2.45) is 0 Å². The number of sulfonamides is 1. The van der Waals surface area contributed by atoms with E-state index in [1.54, 1.807) is 12.1 Å². The van der Waals surface area contributed by atoms with Crippen LogP contribution in [0, 0.1) is 11.3 Å². The first kappa shape index (κ1) is 20.4. The van der Waals surface area contributed by atoms with Crippen LogP contribution in [0.3, 0.4) is 0 Å². The lowest BCUT2D eigenvalue weighted by Gasteiger charge is -2.36. The van der Waals surface area contributed by atoms with E-state index < -0.39 is 10.0 Å². The fourth-order valence-electron chi connectivity index (χ4n) is 3.70. The Bertz CT molecular complexity index is 1210. The Morgan fingerprint density at radius 2 is 2.07 bits per heavy atom. The fourth-order valence-corrected chi connectivity index (χ4v) is 5.10. The Hall–Kier alpha value is -2.92. The van der Waals surface area contributed by atoms with Gasteiger partial charge in [-0.1, -0.05) is 23.7 Å². The highest BCUT2D eigenvalue weighted by molar-refractivity contribution is 7.89. The molecule has 0 aliphatic carbocycles. The summed E-state index contributed by atoms with van der Waals surface area (Å²) in [7, 11) is -3.71. The maximum atomic E-state index is 12.8. The van der Waals surface area contributed by atoms with Crippen LogP contribution < -0.4 is 9.62 Å². The summed E-state index contributed by atoms with van der Waals surface area (Å²) in [4.78, 5) is 6.14. The topological polar surface area (TPSA) is 86.1 Å². The Morgan fingerprint density at radius 1 is 1.20 bits per heavy atom. The van der Waals surface area contributed by atoms with E-state index in [0.717, 1.165) is 16.8 Å². The second-order valence-electron chi connectivity index (χ2n) is 7.18. The summed E-state index contributed by atoms with van der Waals surface area (Å²) >= 11 is 6.13. The first-order chi connectivity index (χ1) is 14.4. The van der Waals surface area contributed by atoms with Gasteiger partial charge in [-0.05, 0) is 60.0 Å². The Balaban J connectivity index is 1.64. The molecule has 0 amide bonds.